The van der Waals surface area contributed by atoms with E-state index in [1.54, 1.807) is 0 Å². The lowest BCUT2D eigenvalue weighted by Crippen LogP contribution is -2.01. The van der Waals surface area contributed by atoms with Gasteiger partial charge in [0, 0.05) is 38.8 Å². The lowest BCUT2D eigenvalue weighted by molar-refractivity contribution is 0.976. The minimum absolute atomic E-state index is 0.596. The van der Waals surface area contributed by atoms with Crippen LogP contribution in [0.2, 0.25) is 0 Å². The van der Waals surface area contributed by atoms with E-state index in [0.29, 0.717) is 17.5 Å². The maximum atomic E-state index is 5.19. The molecule has 0 aliphatic carbocycles. The highest BCUT2D eigenvalue weighted by atomic mass is 15.2. The van der Waals surface area contributed by atoms with Crippen LogP contribution in [0.15, 0.2) is 225 Å². The molecule has 5 nitrogen and oxygen atoms in total. The third kappa shape index (κ3) is 6.74. The van der Waals surface area contributed by atoms with E-state index < -0.39 is 0 Å². The van der Waals surface area contributed by atoms with Crippen molar-refractivity contribution in [2.75, 3.05) is 0 Å². The Kier molecular flexibility index (Phi) is 9.10. The Morgan fingerprint density at radius 2 is 0.689 bits per heavy atom. The van der Waals surface area contributed by atoms with Crippen molar-refractivity contribution in [3.8, 4) is 89.9 Å². The molecule has 11 rings (SSSR count). The number of nitrogens with zero attached hydrogens (tertiary/aromatic N) is 5. The van der Waals surface area contributed by atoms with E-state index in [0.717, 1.165) is 88.7 Å². The monoisotopic (exact) mass is 779 g/mol. The molecule has 3 heterocycles. The van der Waals surface area contributed by atoms with Crippen LogP contribution in [0.25, 0.3) is 106 Å². The summed E-state index contributed by atoms with van der Waals surface area (Å²) in [6.07, 6.45) is 2.00. The van der Waals surface area contributed by atoms with Gasteiger partial charge < -0.3 is 0 Å². The van der Waals surface area contributed by atoms with Gasteiger partial charge in [0.1, 0.15) is 0 Å². The highest BCUT2D eigenvalue weighted by molar-refractivity contribution is 6.13. The van der Waals surface area contributed by atoms with Gasteiger partial charge in [-0.1, -0.05) is 212 Å². The summed E-state index contributed by atoms with van der Waals surface area (Å²) in [5.74, 6) is 1.82. The van der Waals surface area contributed by atoms with Crippen LogP contribution in [-0.2, 0) is 0 Å². The molecule has 0 N–H and O–H groups in total. The van der Waals surface area contributed by atoms with E-state index >= 15 is 0 Å². The lowest BCUT2D eigenvalue weighted by Gasteiger charge is -2.18. The summed E-state index contributed by atoms with van der Waals surface area (Å²) in [5, 5.41) is 7.38. The molecule has 0 aliphatic heterocycles. The van der Waals surface area contributed by atoms with E-state index in [1.807, 2.05) is 18.3 Å². The van der Waals surface area contributed by atoms with Crippen molar-refractivity contribution < 1.29 is 0 Å². The quantitative estimate of drug-likeness (QED) is 0.154. The molecule has 0 atom stereocenters. The van der Waals surface area contributed by atoms with Crippen LogP contribution in [0.3, 0.4) is 0 Å². The molecule has 3 aromatic heterocycles. The van der Waals surface area contributed by atoms with Crippen LogP contribution in [0.5, 0.6) is 0 Å². The summed E-state index contributed by atoms with van der Waals surface area (Å²) in [6, 6.07) is 76.1. The maximum absolute atomic E-state index is 5.19. The lowest BCUT2D eigenvalue weighted by atomic mass is 9.91. The Morgan fingerprint density at radius 1 is 0.295 bits per heavy atom. The van der Waals surface area contributed by atoms with Crippen LogP contribution < -0.4 is 0 Å². The highest BCUT2D eigenvalue weighted by Gasteiger charge is 2.22. The molecule has 0 aliphatic rings. The van der Waals surface area contributed by atoms with Gasteiger partial charge in [0.2, 0.25) is 0 Å². The smallest absolute Gasteiger partial charge is 0.164 e. The molecule has 11 aromatic rings. The van der Waals surface area contributed by atoms with Crippen LogP contribution in [-0.4, -0.2) is 24.6 Å². The minimum atomic E-state index is 0.596. The summed E-state index contributed by atoms with van der Waals surface area (Å²) in [6.45, 7) is 0. The Labute approximate surface area is 354 Å². The average molecular weight is 780 g/mol. The zero-order chi connectivity index (χ0) is 40.5. The Balaban J connectivity index is 1.09. The SMILES string of the molecule is c1ccc(-c2ccc(-c3nc(-c4ccc(-c5ccccc5)cc4)nc(-c4cccc(-c5c(-c6ccccc6)n6ncc(-c7ccccc7)c6c6ccccc56)c4)n3)cc2)cc1. The van der Waals surface area contributed by atoms with Gasteiger partial charge in [-0.3, -0.25) is 0 Å². The molecule has 0 radical (unpaired) electrons. The van der Waals surface area contributed by atoms with Crippen LogP contribution in [0.4, 0.5) is 0 Å². The molecule has 0 amide bonds. The molecular formula is C56H37N5. The average Bonchev–Trinajstić information content (AvgIpc) is 3.80. The van der Waals surface area contributed by atoms with Crippen molar-refractivity contribution in [3.63, 3.8) is 0 Å². The van der Waals surface area contributed by atoms with Gasteiger partial charge in [-0.2, -0.15) is 5.10 Å². The molecule has 286 valence electrons. The van der Waals surface area contributed by atoms with Crippen molar-refractivity contribution in [3.05, 3.63) is 225 Å². The van der Waals surface area contributed by atoms with E-state index in [9.17, 15) is 0 Å². The number of pyridine rings is 1. The van der Waals surface area contributed by atoms with Gasteiger partial charge in [-0.05, 0) is 44.8 Å². The molecule has 5 heteroatoms. The van der Waals surface area contributed by atoms with Crippen LogP contribution in [0, 0.1) is 0 Å². The van der Waals surface area contributed by atoms with Crippen molar-refractivity contribution in [2.45, 2.75) is 0 Å². The van der Waals surface area contributed by atoms with E-state index in [-0.39, 0.29) is 0 Å². The van der Waals surface area contributed by atoms with Crippen LogP contribution in [0.1, 0.15) is 0 Å². The Bertz CT molecular complexity index is 3210. The first-order chi connectivity index (χ1) is 30.2. The van der Waals surface area contributed by atoms with Gasteiger partial charge >= 0.3 is 0 Å². The molecule has 0 fully saturated rings. The number of aromatic nitrogens is 5. The van der Waals surface area contributed by atoms with Crippen molar-refractivity contribution in [2.24, 2.45) is 0 Å². The van der Waals surface area contributed by atoms with Crippen molar-refractivity contribution in [1.29, 1.82) is 0 Å². The highest BCUT2D eigenvalue weighted by Crippen LogP contribution is 2.43. The molecule has 0 spiro atoms. The second-order valence-corrected chi connectivity index (χ2v) is 15.1. The summed E-state index contributed by atoms with van der Waals surface area (Å²) >= 11 is 0. The summed E-state index contributed by atoms with van der Waals surface area (Å²) < 4.78 is 2.12. The normalized spacial score (nSPS) is 11.3. The number of benzene rings is 8. The Morgan fingerprint density at radius 3 is 1.23 bits per heavy atom. The van der Waals surface area contributed by atoms with Gasteiger partial charge in [0.25, 0.3) is 0 Å². The van der Waals surface area contributed by atoms with Gasteiger partial charge in [0.15, 0.2) is 17.5 Å². The number of hydrogen-bond acceptors (Lipinski definition) is 4. The largest absolute Gasteiger partial charge is 0.231 e. The predicted octanol–water partition coefficient (Wildman–Crippen LogP) is 14.0. The fraction of sp³-hybridized carbons (Fsp3) is 0. The standard InChI is InChI=1S/C56H37N5/c1-5-16-38(17-6-1)40-28-32-44(33-29-40)54-58-55(45-34-30-41(31-35-45)39-18-7-2-8-19-39)60-56(59-54)47-25-15-24-46(36-47)51-48-26-13-14-27-49(48)53-50(42-20-9-3-10-21-42)37-57-61(53)52(51)43-22-11-4-12-23-43/h1-37H. The topological polar surface area (TPSA) is 56.0 Å². The van der Waals surface area contributed by atoms with Crippen molar-refractivity contribution in [1.82, 2.24) is 24.6 Å². The number of hydrogen-bond donors (Lipinski definition) is 0. The number of rotatable bonds is 8. The fourth-order valence-corrected chi connectivity index (χ4v) is 8.36. The molecule has 0 saturated carbocycles. The first kappa shape index (κ1) is 35.8. The third-order valence-corrected chi connectivity index (χ3v) is 11.3. The van der Waals surface area contributed by atoms with Gasteiger partial charge in [-0.25, -0.2) is 19.5 Å². The third-order valence-electron chi connectivity index (χ3n) is 11.3. The Hall–Kier alpha value is -8.28. The van der Waals surface area contributed by atoms with E-state index in [4.69, 9.17) is 20.1 Å². The van der Waals surface area contributed by atoms with E-state index in [1.165, 1.54) is 0 Å². The molecule has 0 unspecified atom stereocenters. The van der Waals surface area contributed by atoms with Gasteiger partial charge in [-0.15, -0.1) is 0 Å². The predicted molar refractivity (Wildman–Crippen MR) is 250 cm³/mol. The van der Waals surface area contributed by atoms with Gasteiger partial charge in [0.05, 0.1) is 17.4 Å². The molecule has 0 bridgehead atoms. The summed E-state index contributed by atoms with van der Waals surface area (Å²) in [7, 11) is 0. The summed E-state index contributed by atoms with van der Waals surface area (Å²) in [4.78, 5) is 15.5. The van der Waals surface area contributed by atoms with Crippen LogP contribution >= 0.6 is 0 Å². The molecule has 8 aromatic carbocycles. The summed E-state index contributed by atoms with van der Waals surface area (Å²) in [5.41, 5.74) is 14.8. The maximum Gasteiger partial charge on any atom is 0.164 e. The fourth-order valence-electron chi connectivity index (χ4n) is 8.36. The zero-order valence-corrected chi connectivity index (χ0v) is 33.1. The second-order valence-electron chi connectivity index (χ2n) is 15.1. The number of fused-ring (bicyclic) bond motifs is 3. The first-order valence-corrected chi connectivity index (χ1v) is 20.5. The molecule has 0 saturated heterocycles. The first-order valence-electron chi connectivity index (χ1n) is 20.5. The molecular weight excluding hydrogens is 743 g/mol. The zero-order valence-electron chi connectivity index (χ0n) is 33.1. The van der Waals surface area contributed by atoms with Crippen molar-refractivity contribution >= 4 is 16.3 Å². The molecule has 61 heavy (non-hydrogen) atoms. The minimum Gasteiger partial charge on any atom is -0.231 e. The second kappa shape index (κ2) is 15.5. The van der Waals surface area contributed by atoms with E-state index in [2.05, 4.69) is 211 Å².